The molecule has 0 amide bonds. The molecule has 6 nitrogen and oxygen atoms in total. The molecule has 0 fully saturated rings. The SMILES string of the molecule is C=CC(=O)OCCOc1ccc(C2(c3ccc(OCCOC(=O)C4CC5c6ccccc6C4c4ccc(C)cc45)cc3)c3ccccc3-c3ccccc32)cc1. The molecule has 0 N–H and O–H groups in total. The zero-order chi connectivity index (χ0) is 38.2. The van der Waals surface area contributed by atoms with Gasteiger partial charge in [-0.25, -0.2) is 4.79 Å². The topological polar surface area (TPSA) is 71.1 Å². The number of carbonyl (C=O) groups is 2. The van der Waals surface area contributed by atoms with Gasteiger partial charge in [-0.2, -0.15) is 0 Å². The van der Waals surface area contributed by atoms with Crippen LogP contribution in [0.25, 0.3) is 11.1 Å². The molecule has 0 saturated heterocycles. The summed E-state index contributed by atoms with van der Waals surface area (Å²) in [6, 6.07) is 48.8. The van der Waals surface area contributed by atoms with Gasteiger partial charge >= 0.3 is 11.9 Å². The first kappa shape index (κ1) is 35.3. The lowest BCUT2D eigenvalue weighted by molar-refractivity contribution is -0.150. The molecule has 10 rings (SSSR count). The Morgan fingerprint density at radius 1 is 0.625 bits per heavy atom. The Morgan fingerprint density at radius 2 is 1.16 bits per heavy atom. The molecule has 2 bridgehead atoms. The largest absolute Gasteiger partial charge is 0.490 e. The summed E-state index contributed by atoms with van der Waals surface area (Å²) < 4.78 is 23.1. The van der Waals surface area contributed by atoms with Crippen LogP contribution in [0, 0.1) is 12.8 Å². The number of hydrogen-bond donors (Lipinski definition) is 0. The van der Waals surface area contributed by atoms with Crippen molar-refractivity contribution in [1.82, 2.24) is 0 Å². The molecule has 0 aromatic heterocycles. The zero-order valence-electron chi connectivity index (χ0n) is 31.3. The maximum Gasteiger partial charge on any atom is 0.330 e. The molecule has 56 heavy (non-hydrogen) atoms. The van der Waals surface area contributed by atoms with Crippen molar-refractivity contribution in [2.24, 2.45) is 5.92 Å². The number of ether oxygens (including phenoxy) is 4. The van der Waals surface area contributed by atoms with E-state index >= 15 is 0 Å². The number of fused-ring (bicyclic) bond motifs is 4. The standard InChI is InChI=1S/C50H42O6/c1-3-47(51)55-28-26-53-35-21-17-33(18-22-35)50(45-14-8-6-11-38(45)39-12-7-9-15-46(39)50)34-19-23-36(24-20-34)54-27-29-56-49(52)44-31-43-37-10-4-5-13-40(37)48(44)41-25-16-32(2)30-42(41)43/h3-25,30,43-44,48H,1,26-29,31H2,2H3. The van der Waals surface area contributed by atoms with E-state index in [1.54, 1.807) is 0 Å². The fourth-order valence-electron chi connectivity index (χ4n) is 9.43. The van der Waals surface area contributed by atoms with Gasteiger partial charge in [0.15, 0.2) is 0 Å². The normalized spacial score (nSPS) is 17.8. The van der Waals surface area contributed by atoms with Crippen molar-refractivity contribution in [3.05, 3.63) is 202 Å². The van der Waals surface area contributed by atoms with Crippen molar-refractivity contribution in [1.29, 1.82) is 0 Å². The third-order valence-electron chi connectivity index (χ3n) is 11.7. The van der Waals surface area contributed by atoms with Crippen LogP contribution in [0.2, 0.25) is 0 Å². The van der Waals surface area contributed by atoms with Crippen LogP contribution in [0.3, 0.4) is 0 Å². The Bertz CT molecular complexity index is 2400. The van der Waals surface area contributed by atoms with Gasteiger partial charge in [0.25, 0.3) is 0 Å². The van der Waals surface area contributed by atoms with Gasteiger partial charge in [-0.05, 0) is 93.2 Å². The highest BCUT2D eigenvalue weighted by atomic mass is 16.6. The quantitative estimate of drug-likeness (QED) is 0.0707. The summed E-state index contributed by atoms with van der Waals surface area (Å²) in [6.45, 7) is 6.36. The predicted molar refractivity (Wildman–Crippen MR) is 216 cm³/mol. The highest BCUT2D eigenvalue weighted by Crippen LogP contribution is 2.57. The molecular formula is C50H42O6. The maximum atomic E-state index is 13.7. The third-order valence-corrected chi connectivity index (χ3v) is 11.7. The van der Waals surface area contributed by atoms with E-state index < -0.39 is 11.4 Å². The lowest BCUT2D eigenvalue weighted by Crippen LogP contribution is -2.37. The van der Waals surface area contributed by atoms with Crippen LogP contribution in [-0.4, -0.2) is 38.4 Å². The van der Waals surface area contributed by atoms with Crippen LogP contribution in [0.1, 0.15) is 68.3 Å². The number of carbonyl (C=O) groups excluding carboxylic acids is 2. The molecule has 0 saturated carbocycles. The average Bonchev–Trinajstić information content (AvgIpc) is 3.55. The van der Waals surface area contributed by atoms with E-state index in [2.05, 4.69) is 129 Å². The molecule has 4 aliphatic rings. The van der Waals surface area contributed by atoms with Crippen LogP contribution >= 0.6 is 0 Å². The van der Waals surface area contributed by atoms with Crippen molar-refractivity contribution in [3.8, 4) is 22.6 Å². The van der Waals surface area contributed by atoms with E-state index in [1.165, 1.54) is 50.1 Å². The van der Waals surface area contributed by atoms with Gasteiger partial charge < -0.3 is 18.9 Å². The number of rotatable bonds is 12. The van der Waals surface area contributed by atoms with Gasteiger partial charge in [0.2, 0.25) is 0 Å². The second-order valence-corrected chi connectivity index (χ2v) is 14.8. The fraction of sp³-hybridized carbons (Fsp3) is 0.200. The van der Waals surface area contributed by atoms with Crippen molar-refractivity contribution in [2.45, 2.75) is 30.6 Å². The number of benzene rings is 6. The summed E-state index contributed by atoms with van der Waals surface area (Å²) in [5.74, 6) is 0.738. The van der Waals surface area contributed by atoms with Crippen LogP contribution in [0.15, 0.2) is 152 Å². The van der Waals surface area contributed by atoms with Gasteiger partial charge in [-0.15, -0.1) is 0 Å². The second kappa shape index (κ2) is 14.7. The molecule has 3 unspecified atom stereocenters. The summed E-state index contributed by atoms with van der Waals surface area (Å²) >= 11 is 0. The van der Waals surface area contributed by atoms with Crippen molar-refractivity contribution in [3.63, 3.8) is 0 Å². The summed E-state index contributed by atoms with van der Waals surface area (Å²) in [4.78, 5) is 25.1. The Hall–Kier alpha value is -6.40. The molecule has 3 atom stereocenters. The van der Waals surface area contributed by atoms with Gasteiger partial charge in [-0.1, -0.05) is 127 Å². The molecule has 6 aromatic rings. The second-order valence-electron chi connectivity index (χ2n) is 14.8. The first-order valence-corrected chi connectivity index (χ1v) is 19.3. The van der Waals surface area contributed by atoms with Crippen molar-refractivity contribution in [2.75, 3.05) is 26.4 Å². The van der Waals surface area contributed by atoms with E-state index in [0.29, 0.717) is 11.5 Å². The highest BCUT2D eigenvalue weighted by Gasteiger charge is 2.47. The molecular weight excluding hydrogens is 697 g/mol. The molecule has 6 heteroatoms. The summed E-state index contributed by atoms with van der Waals surface area (Å²) in [6.07, 6.45) is 1.90. The molecule has 4 aliphatic carbocycles. The van der Waals surface area contributed by atoms with Gasteiger partial charge in [0, 0.05) is 17.9 Å². The zero-order valence-corrected chi connectivity index (χ0v) is 31.3. The minimum atomic E-state index is -0.589. The predicted octanol–water partition coefficient (Wildman–Crippen LogP) is 9.69. The lowest BCUT2D eigenvalue weighted by atomic mass is 9.59. The first-order valence-electron chi connectivity index (χ1n) is 19.3. The Balaban J connectivity index is 0.918. The summed E-state index contributed by atoms with van der Waals surface area (Å²) in [5, 5.41) is 0. The molecule has 278 valence electrons. The monoisotopic (exact) mass is 738 g/mol. The van der Waals surface area contributed by atoms with E-state index in [4.69, 9.17) is 18.9 Å². The third kappa shape index (κ3) is 5.97. The lowest BCUT2D eigenvalue weighted by Gasteiger charge is -2.44. The first-order chi connectivity index (χ1) is 27.5. The minimum Gasteiger partial charge on any atom is -0.490 e. The van der Waals surface area contributed by atoms with Crippen LogP contribution in [-0.2, 0) is 24.5 Å². The minimum absolute atomic E-state index is 0.00333. The Labute approximate surface area is 327 Å². The van der Waals surface area contributed by atoms with E-state index in [0.717, 1.165) is 23.6 Å². The Kier molecular flexibility index (Phi) is 9.26. The highest BCUT2D eigenvalue weighted by molar-refractivity contribution is 5.86. The van der Waals surface area contributed by atoms with E-state index in [-0.39, 0.29) is 50.2 Å². The fourth-order valence-corrected chi connectivity index (χ4v) is 9.43. The van der Waals surface area contributed by atoms with E-state index in [9.17, 15) is 9.59 Å². The molecule has 0 aliphatic heterocycles. The number of hydrogen-bond acceptors (Lipinski definition) is 6. The van der Waals surface area contributed by atoms with Crippen molar-refractivity contribution < 1.29 is 28.5 Å². The maximum absolute atomic E-state index is 13.7. The van der Waals surface area contributed by atoms with E-state index in [1.807, 2.05) is 24.3 Å². The summed E-state index contributed by atoms with van der Waals surface area (Å²) in [7, 11) is 0. The molecule has 0 radical (unpaired) electrons. The van der Waals surface area contributed by atoms with Crippen LogP contribution in [0.4, 0.5) is 0 Å². The smallest absolute Gasteiger partial charge is 0.330 e. The van der Waals surface area contributed by atoms with Crippen LogP contribution < -0.4 is 9.47 Å². The van der Waals surface area contributed by atoms with Gasteiger partial charge in [0.05, 0.1) is 11.3 Å². The Morgan fingerprint density at radius 3 is 1.77 bits per heavy atom. The molecule has 0 spiro atoms. The average molecular weight is 739 g/mol. The van der Waals surface area contributed by atoms with Crippen LogP contribution in [0.5, 0.6) is 11.5 Å². The van der Waals surface area contributed by atoms with Crippen molar-refractivity contribution >= 4 is 11.9 Å². The van der Waals surface area contributed by atoms with Gasteiger partial charge in [0.1, 0.15) is 37.9 Å². The summed E-state index contributed by atoms with van der Waals surface area (Å²) in [5.41, 5.74) is 12.8. The number of aryl methyl sites for hydroxylation is 1. The van der Waals surface area contributed by atoms with Gasteiger partial charge in [-0.3, -0.25) is 4.79 Å². The molecule has 0 heterocycles. The number of esters is 2. The molecule has 6 aromatic carbocycles.